The van der Waals surface area contributed by atoms with Crippen LogP contribution in [0.25, 0.3) is 11.0 Å². The van der Waals surface area contributed by atoms with Crippen molar-refractivity contribution in [3.63, 3.8) is 0 Å². The first-order chi connectivity index (χ1) is 14.8. The molecule has 3 aromatic rings. The fraction of sp³-hybridized carbons (Fsp3) is 0.182. The van der Waals surface area contributed by atoms with Crippen LogP contribution in [0.2, 0.25) is 0 Å². The van der Waals surface area contributed by atoms with Crippen LogP contribution in [-0.4, -0.2) is 29.2 Å². The number of carbonyl (C=O) groups excluding carboxylic acids is 2. The average molecular weight is 485 g/mol. The van der Waals surface area contributed by atoms with Crippen LogP contribution < -0.4 is 10.4 Å². The number of nitrogens with zero attached hydrogens (tertiary/aromatic N) is 2. The summed E-state index contributed by atoms with van der Waals surface area (Å²) in [5.74, 6) is -0.568. The van der Waals surface area contributed by atoms with E-state index in [0.717, 1.165) is 10.0 Å². The molecule has 4 rings (SSSR count). The maximum absolute atomic E-state index is 12.3. The number of rotatable bonds is 5. The van der Waals surface area contributed by atoms with Crippen LogP contribution in [-0.2, 0) is 9.53 Å². The van der Waals surface area contributed by atoms with Gasteiger partial charge < -0.3 is 13.9 Å². The van der Waals surface area contributed by atoms with E-state index in [1.54, 1.807) is 24.3 Å². The molecule has 0 radical (unpaired) electrons. The van der Waals surface area contributed by atoms with Gasteiger partial charge in [0.15, 0.2) is 12.4 Å². The van der Waals surface area contributed by atoms with Crippen LogP contribution >= 0.6 is 15.9 Å². The Labute approximate surface area is 185 Å². The second-order valence-corrected chi connectivity index (χ2v) is 7.73. The summed E-state index contributed by atoms with van der Waals surface area (Å²) in [7, 11) is 0. The van der Waals surface area contributed by atoms with Crippen LogP contribution in [0.5, 0.6) is 5.75 Å². The Kier molecular flexibility index (Phi) is 5.60. The first kappa shape index (κ1) is 20.8. The third kappa shape index (κ3) is 4.09. The maximum atomic E-state index is 12.3. The molecule has 0 aliphatic carbocycles. The fourth-order valence-electron chi connectivity index (χ4n) is 3.22. The quantitative estimate of drug-likeness (QED) is 0.400. The zero-order valence-electron chi connectivity index (χ0n) is 16.6. The molecule has 1 atom stereocenters. The summed E-state index contributed by atoms with van der Waals surface area (Å²) < 4.78 is 17.8. The van der Waals surface area contributed by atoms with Gasteiger partial charge in [-0.15, -0.1) is 5.10 Å². The van der Waals surface area contributed by atoms with Crippen molar-refractivity contribution in [3.05, 3.63) is 74.6 Å². The lowest BCUT2D eigenvalue weighted by atomic mass is 10.1. The lowest BCUT2D eigenvalue weighted by Crippen LogP contribution is -2.25. The Morgan fingerprint density at radius 3 is 2.52 bits per heavy atom. The molecule has 9 heteroatoms. The monoisotopic (exact) mass is 484 g/mol. The van der Waals surface area contributed by atoms with E-state index in [4.69, 9.17) is 13.9 Å². The normalized spacial score (nSPS) is 15.5. The van der Waals surface area contributed by atoms with Gasteiger partial charge in [0.1, 0.15) is 16.9 Å². The minimum Gasteiger partial charge on any atom is -0.482 e. The Morgan fingerprint density at radius 1 is 1.13 bits per heavy atom. The number of ether oxygens (including phenoxy) is 2. The second kappa shape index (κ2) is 8.35. The average Bonchev–Trinajstić information content (AvgIpc) is 3.16. The molecule has 0 saturated carbocycles. The van der Waals surface area contributed by atoms with Crippen LogP contribution in [0, 0.1) is 0 Å². The van der Waals surface area contributed by atoms with E-state index in [0.29, 0.717) is 11.0 Å². The van der Waals surface area contributed by atoms with Gasteiger partial charge in [0.2, 0.25) is 18.0 Å². The van der Waals surface area contributed by atoms with Gasteiger partial charge >= 0.3 is 5.63 Å². The predicted octanol–water partition coefficient (Wildman–Crippen LogP) is 4.03. The Balaban J connectivity index is 1.64. The number of Topliss-reactive ketones (excluding diaryl/α,β-unsaturated/α-hetero) is 1. The highest BCUT2D eigenvalue weighted by Crippen LogP contribution is 2.31. The largest absolute Gasteiger partial charge is 0.482 e. The van der Waals surface area contributed by atoms with E-state index in [1.807, 2.05) is 24.3 Å². The molecule has 1 aromatic heterocycles. The molecular formula is C22H17BrN2O6. The van der Waals surface area contributed by atoms with Crippen molar-refractivity contribution in [2.45, 2.75) is 20.1 Å². The smallest absolute Gasteiger partial charge is 0.351 e. The molecule has 1 aliphatic heterocycles. The second-order valence-electron chi connectivity index (χ2n) is 6.81. The summed E-state index contributed by atoms with van der Waals surface area (Å²) in [6.07, 6.45) is -0.742. The van der Waals surface area contributed by atoms with Gasteiger partial charge in [0, 0.05) is 17.0 Å². The summed E-state index contributed by atoms with van der Waals surface area (Å²) in [6.45, 7) is 2.45. The van der Waals surface area contributed by atoms with Gasteiger partial charge in [-0.2, -0.15) is 5.01 Å². The van der Waals surface area contributed by atoms with Crippen molar-refractivity contribution >= 4 is 44.5 Å². The Hall–Kier alpha value is -3.46. The fourth-order valence-corrected chi connectivity index (χ4v) is 3.48. The Bertz CT molecular complexity index is 1270. The zero-order valence-corrected chi connectivity index (χ0v) is 18.2. The molecule has 0 bridgehead atoms. The SMILES string of the molecule is CC(=O)c1c(OCC2=NN(C(C)=O)C(c3ccc(Br)cc3)O2)c2ccccc2oc1=O. The van der Waals surface area contributed by atoms with Crippen molar-refractivity contribution < 1.29 is 23.5 Å². The van der Waals surface area contributed by atoms with Crippen molar-refractivity contribution in [3.8, 4) is 5.75 Å². The zero-order chi connectivity index (χ0) is 22.1. The molecule has 0 spiro atoms. The van der Waals surface area contributed by atoms with Crippen molar-refractivity contribution in [2.24, 2.45) is 5.10 Å². The van der Waals surface area contributed by atoms with Crippen molar-refractivity contribution in [1.29, 1.82) is 0 Å². The van der Waals surface area contributed by atoms with Crippen LogP contribution in [0.1, 0.15) is 36.0 Å². The van der Waals surface area contributed by atoms with Crippen LogP contribution in [0.3, 0.4) is 0 Å². The van der Waals surface area contributed by atoms with E-state index in [-0.39, 0.29) is 29.7 Å². The van der Waals surface area contributed by atoms with E-state index < -0.39 is 17.6 Å². The number of carbonyl (C=O) groups is 2. The molecule has 1 aliphatic rings. The number of hydrogen-bond acceptors (Lipinski definition) is 7. The molecule has 1 amide bonds. The van der Waals surface area contributed by atoms with Gasteiger partial charge in [-0.25, -0.2) is 4.79 Å². The highest BCUT2D eigenvalue weighted by molar-refractivity contribution is 9.10. The van der Waals surface area contributed by atoms with E-state index >= 15 is 0 Å². The summed E-state index contributed by atoms with van der Waals surface area (Å²) >= 11 is 3.37. The summed E-state index contributed by atoms with van der Waals surface area (Å²) in [5, 5.41) is 5.90. The van der Waals surface area contributed by atoms with Crippen molar-refractivity contribution in [1.82, 2.24) is 5.01 Å². The van der Waals surface area contributed by atoms with E-state index in [2.05, 4.69) is 21.0 Å². The lowest BCUT2D eigenvalue weighted by Gasteiger charge is -2.19. The summed E-state index contributed by atoms with van der Waals surface area (Å²) in [5.41, 5.74) is 0.0472. The number of hydrazone groups is 1. The molecule has 0 saturated heterocycles. The third-order valence-electron chi connectivity index (χ3n) is 4.62. The molecule has 1 unspecified atom stereocenters. The molecule has 0 N–H and O–H groups in total. The van der Waals surface area contributed by atoms with Gasteiger partial charge in [0.05, 0.1) is 5.39 Å². The number of amides is 1. The minimum atomic E-state index is -0.784. The third-order valence-corrected chi connectivity index (χ3v) is 5.15. The summed E-state index contributed by atoms with van der Waals surface area (Å²) in [4.78, 5) is 36.5. The first-order valence-corrected chi connectivity index (χ1v) is 10.1. The number of halogens is 1. The molecule has 8 nitrogen and oxygen atoms in total. The maximum Gasteiger partial charge on any atom is 0.351 e. The number of para-hydroxylation sites is 1. The standard InChI is InChI=1S/C22H17BrN2O6/c1-12(26)19-20(16-5-3-4-6-17(16)30-22(19)28)29-11-18-24-25(13(2)27)21(31-18)14-7-9-15(23)10-8-14/h3-10,21H,11H2,1-2H3. The van der Waals surface area contributed by atoms with Gasteiger partial charge in [0.25, 0.3) is 0 Å². The van der Waals surface area contributed by atoms with E-state index in [9.17, 15) is 14.4 Å². The van der Waals surface area contributed by atoms with Crippen LogP contribution in [0.4, 0.5) is 0 Å². The Morgan fingerprint density at radius 2 is 1.84 bits per heavy atom. The molecular weight excluding hydrogens is 468 g/mol. The minimum absolute atomic E-state index is 0.0899. The highest BCUT2D eigenvalue weighted by atomic mass is 79.9. The topological polar surface area (TPSA) is 98.4 Å². The molecule has 158 valence electrons. The van der Waals surface area contributed by atoms with Crippen molar-refractivity contribution in [2.75, 3.05) is 6.61 Å². The van der Waals surface area contributed by atoms with Gasteiger partial charge in [-0.1, -0.05) is 40.2 Å². The first-order valence-electron chi connectivity index (χ1n) is 9.34. The van der Waals surface area contributed by atoms with Crippen LogP contribution in [0.15, 0.2) is 67.3 Å². The molecule has 2 heterocycles. The van der Waals surface area contributed by atoms with Gasteiger partial charge in [-0.05, 0) is 31.2 Å². The molecule has 0 fully saturated rings. The number of benzene rings is 2. The lowest BCUT2D eigenvalue weighted by molar-refractivity contribution is -0.135. The summed E-state index contributed by atoms with van der Waals surface area (Å²) in [6, 6.07) is 14.0. The predicted molar refractivity (Wildman–Crippen MR) is 116 cm³/mol. The molecule has 31 heavy (non-hydrogen) atoms. The number of ketones is 1. The van der Waals surface area contributed by atoms with E-state index in [1.165, 1.54) is 18.9 Å². The van der Waals surface area contributed by atoms with Gasteiger partial charge in [-0.3, -0.25) is 9.59 Å². The number of hydrogen-bond donors (Lipinski definition) is 0. The molecule has 2 aromatic carbocycles. The number of fused-ring (bicyclic) bond motifs is 1. The highest BCUT2D eigenvalue weighted by Gasteiger charge is 2.33.